The molecule has 0 aliphatic rings. The third-order valence-corrected chi connectivity index (χ3v) is 2.81. The number of pyridine rings is 1. The minimum Gasteiger partial charge on any atom is -0.480 e. The van der Waals surface area contributed by atoms with Crippen LogP contribution in [0.25, 0.3) is 0 Å². The highest BCUT2D eigenvalue weighted by Crippen LogP contribution is 2.05. The van der Waals surface area contributed by atoms with E-state index in [9.17, 15) is 14.7 Å². The monoisotopic (exact) mass is 270 g/mol. The van der Waals surface area contributed by atoms with Crippen LogP contribution in [0.2, 0.25) is 0 Å². The Balaban J connectivity index is 2.07. The van der Waals surface area contributed by atoms with Crippen molar-refractivity contribution >= 4 is 11.9 Å². The Kier molecular flexibility index (Phi) is 4.44. The lowest BCUT2D eigenvalue weighted by Crippen LogP contribution is -2.42. The topological polar surface area (TPSA) is 79.3 Å². The molecular formula is C15H14N2O3. The number of rotatable bonds is 5. The molecule has 5 nitrogen and oxygen atoms in total. The molecule has 5 heteroatoms. The summed E-state index contributed by atoms with van der Waals surface area (Å²) in [6.07, 6.45) is 3.19. The minimum absolute atomic E-state index is 0.238. The van der Waals surface area contributed by atoms with Crippen LogP contribution in [0.15, 0.2) is 54.9 Å². The maximum Gasteiger partial charge on any atom is 0.326 e. The van der Waals surface area contributed by atoms with Crippen LogP contribution in [0, 0.1) is 0 Å². The molecule has 0 unspecified atom stereocenters. The lowest BCUT2D eigenvalue weighted by atomic mass is 10.1. The van der Waals surface area contributed by atoms with Gasteiger partial charge in [0, 0.05) is 18.8 Å². The zero-order valence-electron chi connectivity index (χ0n) is 10.7. The van der Waals surface area contributed by atoms with Crippen molar-refractivity contribution in [2.45, 2.75) is 12.5 Å². The summed E-state index contributed by atoms with van der Waals surface area (Å²) < 4.78 is 0. The van der Waals surface area contributed by atoms with Gasteiger partial charge in [0.1, 0.15) is 6.04 Å². The summed E-state index contributed by atoms with van der Waals surface area (Å²) in [5.41, 5.74) is 1.19. The van der Waals surface area contributed by atoms with Crippen LogP contribution in [0.1, 0.15) is 15.9 Å². The van der Waals surface area contributed by atoms with Gasteiger partial charge in [-0.2, -0.15) is 0 Å². The molecular weight excluding hydrogens is 256 g/mol. The van der Waals surface area contributed by atoms with E-state index in [4.69, 9.17) is 0 Å². The molecule has 1 atom stereocenters. The number of carbonyl (C=O) groups is 2. The van der Waals surface area contributed by atoms with E-state index in [2.05, 4.69) is 10.3 Å². The van der Waals surface area contributed by atoms with Gasteiger partial charge < -0.3 is 10.4 Å². The molecule has 102 valence electrons. The van der Waals surface area contributed by atoms with Crippen LogP contribution < -0.4 is 5.32 Å². The van der Waals surface area contributed by atoms with E-state index < -0.39 is 17.9 Å². The number of benzene rings is 1. The molecule has 0 spiro atoms. The van der Waals surface area contributed by atoms with Gasteiger partial charge in [-0.1, -0.05) is 30.3 Å². The first-order chi connectivity index (χ1) is 9.66. The normalized spacial score (nSPS) is 11.6. The lowest BCUT2D eigenvalue weighted by molar-refractivity contribution is -0.139. The number of carboxylic acid groups (broad SMARTS) is 1. The third kappa shape index (κ3) is 3.65. The Morgan fingerprint density at radius 2 is 1.90 bits per heavy atom. The second kappa shape index (κ2) is 6.47. The number of nitrogens with zero attached hydrogens (tertiary/aromatic N) is 1. The predicted molar refractivity (Wildman–Crippen MR) is 73.3 cm³/mol. The van der Waals surface area contributed by atoms with E-state index in [1.165, 1.54) is 6.20 Å². The second-order valence-electron chi connectivity index (χ2n) is 4.30. The summed E-state index contributed by atoms with van der Waals surface area (Å²) in [5.74, 6) is -1.51. The second-order valence-corrected chi connectivity index (χ2v) is 4.30. The third-order valence-electron chi connectivity index (χ3n) is 2.81. The standard InChI is InChI=1S/C15H14N2O3/c18-14(12-7-4-8-16-10-12)17-13(15(19)20)9-11-5-2-1-3-6-11/h1-8,10,13H,9H2,(H,17,18)(H,19,20)/t13-/m0/s1. The summed E-state index contributed by atoms with van der Waals surface area (Å²) in [5, 5.41) is 11.7. The summed E-state index contributed by atoms with van der Waals surface area (Å²) in [6, 6.07) is 11.4. The van der Waals surface area contributed by atoms with Gasteiger partial charge in [-0.05, 0) is 17.7 Å². The van der Waals surface area contributed by atoms with Gasteiger partial charge in [0.05, 0.1) is 5.56 Å². The van der Waals surface area contributed by atoms with Crippen molar-refractivity contribution in [2.24, 2.45) is 0 Å². The smallest absolute Gasteiger partial charge is 0.326 e. The number of amides is 1. The van der Waals surface area contributed by atoms with Crippen molar-refractivity contribution in [1.82, 2.24) is 10.3 Å². The maximum absolute atomic E-state index is 11.9. The van der Waals surface area contributed by atoms with E-state index >= 15 is 0 Å². The number of aromatic nitrogens is 1. The average molecular weight is 270 g/mol. The van der Waals surface area contributed by atoms with Gasteiger partial charge in [-0.25, -0.2) is 4.79 Å². The molecule has 1 aromatic carbocycles. The van der Waals surface area contributed by atoms with Gasteiger partial charge in [0.2, 0.25) is 0 Å². The number of nitrogens with one attached hydrogen (secondary N) is 1. The highest BCUT2D eigenvalue weighted by Gasteiger charge is 2.21. The predicted octanol–water partition coefficient (Wildman–Crippen LogP) is 1.51. The highest BCUT2D eigenvalue weighted by atomic mass is 16.4. The van der Waals surface area contributed by atoms with E-state index in [0.29, 0.717) is 5.56 Å². The molecule has 0 bridgehead atoms. The molecule has 1 heterocycles. The van der Waals surface area contributed by atoms with Crippen LogP contribution >= 0.6 is 0 Å². The number of carboxylic acids is 1. The van der Waals surface area contributed by atoms with Gasteiger partial charge in [0.15, 0.2) is 0 Å². The Labute approximate surface area is 116 Å². The fraction of sp³-hybridized carbons (Fsp3) is 0.133. The van der Waals surface area contributed by atoms with Crippen LogP contribution in [0.4, 0.5) is 0 Å². The maximum atomic E-state index is 11.9. The summed E-state index contributed by atoms with van der Waals surface area (Å²) in [4.78, 5) is 27.0. The highest BCUT2D eigenvalue weighted by molar-refractivity contribution is 5.96. The molecule has 2 rings (SSSR count). The summed E-state index contributed by atoms with van der Waals surface area (Å²) in [6.45, 7) is 0. The number of aliphatic carboxylic acids is 1. The molecule has 0 aliphatic carbocycles. The van der Waals surface area contributed by atoms with E-state index in [0.717, 1.165) is 5.56 Å². The largest absolute Gasteiger partial charge is 0.480 e. The van der Waals surface area contributed by atoms with Crippen molar-refractivity contribution in [3.8, 4) is 0 Å². The molecule has 1 amide bonds. The molecule has 0 aliphatic heterocycles. The van der Waals surface area contributed by atoms with Crippen molar-refractivity contribution in [3.63, 3.8) is 0 Å². The Morgan fingerprint density at radius 3 is 2.50 bits per heavy atom. The fourth-order valence-electron chi connectivity index (χ4n) is 1.79. The van der Waals surface area contributed by atoms with Crippen molar-refractivity contribution in [1.29, 1.82) is 0 Å². The molecule has 20 heavy (non-hydrogen) atoms. The van der Waals surface area contributed by atoms with Crippen molar-refractivity contribution in [3.05, 3.63) is 66.0 Å². The van der Waals surface area contributed by atoms with Crippen LogP contribution in [-0.4, -0.2) is 28.0 Å². The Hall–Kier alpha value is -2.69. The number of hydrogen-bond donors (Lipinski definition) is 2. The van der Waals surface area contributed by atoms with Gasteiger partial charge in [0.25, 0.3) is 5.91 Å². The van der Waals surface area contributed by atoms with E-state index in [-0.39, 0.29) is 6.42 Å². The minimum atomic E-state index is -1.06. The Morgan fingerprint density at radius 1 is 1.15 bits per heavy atom. The Bertz CT molecular complexity index is 585. The molecule has 2 aromatic rings. The quantitative estimate of drug-likeness (QED) is 0.863. The van der Waals surface area contributed by atoms with Gasteiger partial charge in [-0.15, -0.1) is 0 Å². The molecule has 1 aromatic heterocycles. The fourth-order valence-corrected chi connectivity index (χ4v) is 1.79. The van der Waals surface area contributed by atoms with E-state index in [1.807, 2.05) is 30.3 Å². The average Bonchev–Trinajstić information content (AvgIpc) is 2.48. The lowest BCUT2D eigenvalue weighted by Gasteiger charge is -2.14. The molecule has 0 saturated carbocycles. The van der Waals surface area contributed by atoms with Crippen molar-refractivity contribution < 1.29 is 14.7 Å². The number of hydrogen-bond acceptors (Lipinski definition) is 3. The first kappa shape index (κ1) is 13.7. The van der Waals surface area contributed by atoms with Crippen LogP contribution in [0.3, 0.4) is 0 Å². The van der Waals surface area contributed by atoms with Gasteiger partial charge >= 0.3 is 5.97 Å². The molecule has 0 saturated heterocycles. The van der Waals surface area contributed by atoms with E-state index in [1.54, 1.807) is 18.3 Å². The first-order valence-electron chi connectivity index (χ1n) is 6.14. The summed E-state index contributed by atoms with van der Waals surface area (Å²) in [7, 11) is 0. The summed E-state index contributed by atoms with van der Waals surface area (Å²) >= 11 is 0. The first-order valence-corrected chi connectivity index (χ1v) is 6.14. The van der Waals surface area contributed by atoms with Crippen molar-refractivity contribution in [2.75, 3.05) is 0 Å². The SMILES string of the molecule is O=C(N[C@@H](Cc1ccccc1)C(=O)O)c1cccnc1. The molecule has 0 radical (unpaired) electrons. The molecule has 2 N–H and O–H groups in total. The van der Waals surface area contributed by atoms with Gasteiger partial charge in [-0.3, -0.25) is 9.78 Å². The number of carbonyl (C=O) groups excluding carboxylic acids is 1. The van der Waals surface area contributed by atoms with Crippen LogP contribution in [-0.2, 0) is 11.2 Å². The molecule has 0 fully saturated rings. The zero-order chi connectivity index (χ0) is 14.4. The zero-order valence-corrected chi connectivity index (χ0v) is 10.7. The van der Waals surface area contributed by atoms with Crippen LogP contribution in [0.5, 0.6) is 0 Å².